The van der Waals surface area contributed by atoms with E-state index in [1.807, 2.05) is 30.5 Å². The van der Waals surface area contributed by atoms with Crippen molar-refractivity contribution < 1.29 is 4.79 Å². The number of aromatic nitrogens is 2. The quantitative estimate of drug-likeness (QED) is 0.671. The van der Waals surface area contributed by atoms with E-state index in [1.165, 1.54) is 5.56 Å². The van der Waals surface area contributed by atoms with Crippen LogP contribution in [0.2, 0.25) is 0 Å². The van der Waals surface area contributed by atoms with E-state index in [9.17, 15) is 4.79 Å². The van der Waals surface area contributed by atoms with Crippen LogP contribution in [0.15, 0.2) is 60.9 Å². The number of amides is 1. The molecule has 0 aliphatic carbocycles. The molecular formula is C24H28N4O. The molecule has 5 heteroatoms. The third-order valence-electron chi connectivity index (χ3n) is 6.69. The van der Waals surface area contributed by atoms with Crippen molar-refractivity contribution >= 4 is 11.6 Å². The van der Waals surface area contributed by atoms with Crippen LogP contribution >= 0.6 is 0 Å². The van der Waals surface area contributed by atoms with E-state index in [2.05, 4.69) is 49.6 Å². The van der Waals surface area contributed by atoms with Gasteiger partial charge in [-0.1, -0.05) is 36.4 Å². The molecule has 1 spiro atoms. The molecule has 1 amide bonds. The Bertz CT molecular complexity index is 998. The van der Waals surface area contributed by atoms with Crippen LogP contribution in [0.1, 0.15) is 36.9 Å². The first-order chi connectivity index (χ1) is 14.3. The van der Waals surface area contributed by atoms with Crippen molar-refractivity contribution in [3.63, 3.8) is 0 Å². The molecule has 1 atom stereocenters. The van der Waals surface area contributed by atoms with E-state index in [1.54, 1.807) is 0 Å². The third kappa shape index (κ3) is 3.33. The molecule has 0 N–H and O–H groups in total. The van der Waals surface area contributed by atoms with Crippen LogP contribution in [0.3, 0.4) is 0 Å². The summed E-state index contributed by atoms with van der Waals surface area (Å²) < 4.78 is 2.15. The van der Waals surface area contributed by atoms with Crippen molar-refractivity contribution in [2.75, 3.05) is 19.6 Å². The number of piperidine rings is 1. The van der Waals surface area contributed by atoms with E-state index in [0.29, 0.717) is 5.91 Å². The highest BCUT2D eigenvalue weighted by Crippen LogP contribution is 2.39. The predicted molar refractivity (Wildman–Crippen MR) is 114 cm³/mol. The number of hydrogen-bond donors (Lipinski definition) is 0. The monoisotopic (exact) mass is 388 g/mol. The summed E-state index contributed by atoms with van der Waals surface area (Å²) in [6.45, 7) is 3.46. The normalized spacial score (nSPS) is 22.8. The van der Waals surface area contributed by atoms with Crippen LogP contribution in [0, 0.1) is 0 Å². The fraction of sp³-hybridized carbons (Fsp3) is 0.417. The van der Waals surface area contributed by atoms with Gasteiger partial charge >= 0.3 is 0 Å². The first-order valence-corrected chi connectivity index (χ1v) is 10.8. The van der Waals surface area contributed by atoms with E-state index in [-0.39, 0.29) is 5.54 Å². The van der Waals surface area contributed by atoms with E-state index in [4.69, 9.17) is 0 Å². The van der Waals surface area contributed by atoms with Gasteiger partial charge in [0.25, 0.3) is 0 Å². The van der Waals surface area contributed by atoms with Crippen molar-refractivity contribution in [3.8, 4) is 0 Å². The number of benzene rings is 1. The maximum absolute atomic E-state index is 13.6. The fourth-order valence-electron chi connectivity index (χ4n) is 5.17. The molecule has 5 rings (SSSR count). The molecule has 0 saturated carbocycles. The number of hydrogen-bond acceptors (Lipinski definition) is 3. The molecule has 2 saturated heterocycles. The molecule has 0 radical (unpaired) electrons. The van der Waals surface area contributed by atoms with Crippen LogP contribution in [0.4, 0.5) is 0 Å². The molecule has 2 fully saturated rings. The number of pyridine rings is 1. The average molecular weight is 389 g/mol. The summed E-state index contributed by atoms with van der Waals surface area (Å²) in [7, 11) is 0. The highest BCUT2D eigenvalue weighted by molar-refractivity contribution is 5.87. The second-order valence-electron chi connectivity index (χ2n) is 8.37. The lowest BCUT2D eigenvalue weighted by Gasteiger charge is -2.44. The molecule has 2 aliphatic rings. The van der Waals surface area contributed by atoms with Crippen molar-refractivity contribution in [1.29, 1.82) is 0 Å². The Morgan fingerprint density at radius 2 is 1.76 bits per heavy atom. The van der Waals surface area contributed by atoms with Gasteiger partial charge in [0.05, 0.1) is 11.9 Å². The molecule has 0 bridgehead atoms. The van der Waals surface area contributed by atoms with Gasteiger partial charge in [-0.2, -0.15) is 0 Å². The van der Waals surface area contributed by atoms with Gasteiger partial charge in [-0.15, -0.1) is 0 Å². The first kappa shape index (κ1) is 18.4. The lowest BCUT2D eigenvalue weighted by Crippen LogP contribution is -2.59. The molecule has 2 aromatic heterocycles. The van der Waals surface area contributed by atoms with Gasteiger partial charge in [-0.05, 0) is 56.3 Å². The molecule has 1 aromatic carbocycles. The van der Waals surface area contributed by atoms with Gasteiger partial charge in [-0.25, -0.2) is 4.98 Å². The van der Waals surface area contributed by atoms with Crippen molar-refractivity contribution in [3.05, 3.63) is 72.2 Å². The second-order valence-corrected chi connectivity index (χ2v) is 8.37. The van der Waals surface area contributed by atoms with Crippen molar-refractivity contribution in [1.82, 2.24) is 19.2 Å². The lowest BCUT2D eigenvalue weighted by molar-refractivity contribution is -0.147. The standard InChI is InChI=1S/C24H28N4O/c29-23-24(12-6-14-26(23)17-11-20-8-2-1-3-9-20)13-7-15-27(24)19-21-18-25-22-10-4-5-16-28(21)22/h1-5,8-10,16,18H,6-7,11-15,17,19H2. The fourth-order valence-corrected chi connectivity index (χ4v) is 5.17. The van der Waals surface area contributed by atoms with Gasteiger partial charge in [0, 0.05) is 25.8 Å². The smallest absolute Gasteiger partial charge is 0.243 e. The van der Waals surface area contributed by atoms with Gasteiger partial charge in [0.1, 0.15) is 11.2 Å². The van der Waals surface area contributed by atoms with E-state index in [0.717, 1.165) is 69.6 Å². The summed E-state index contributed by atoms with van der Waals surface area (Å²) in [6.07, 6.45) is 9.08. The van der Waals surface area contributed by atoms with Gasteiger partial charge in [0.15, 0.2) is 0 Å². The predicted octanol–water partition coefficient (Wildman–Crippen LogP) is 3.53. The third-order valence-corrected chi connectivity index (χ3v) is 6.69. The van der Waals surface area contributed by atoms with Crippen LogP contribution < -0.4 is 0 Å². The lowest BCUT2D eigenvalue weighted by atomic mass is 9.85. The molecule has 4 heterocycles. The Hall–Kier alpha value is -2.66. The number of rotatable bonds is 5. The minimum Gasteiger partial charge on any atom is -0.341 e. The van der Waals surface area contributed by atoms with Crippen LogP contribution in [-0.4, -0.2) is 50.3 Å². The molecule has 3 aromatic rings. The Morgan fingerprint density at radius 3 is 2.62 bits per heavy atom. The number of fused-ring (bicyclic) bond motifs is 1. The Morgan fingerprint density at radius 1 is 0.966 bits per heavy atom. The van der Waals surface area contributed by atoms with Crippen LogP contribution in [0.25, 0.3) is 5.65 Å². The minimum atomic E-state index is -0.326. The number of carbonyl (C=O) groups excluding carboxylic acids is 1. The summed E-state index contributed by atoms with van der Waals surface area (Å²) >= 11 is 0. The summed E-state index contributed by atoms with van der Waals surface area (Å²) in [6, 6.07) is 16.6. The maximum atomic E-state index is 13.6. The summed E-state index contributed by atoms with van der Waals surface area (Å²) in [5.41, 5.74) is 3.11. The molecule has 5 nitrogen and oxygen atoms in total. The SMILES string of the molecule is O=C1N(CCc2ccccc2)CCCC12CCCN2Cc1cnc2ccccn12. The molecule has 150 valence electrons. The van der Waals surface area contributed by atoms with Gasteiger partial charge in [-0.3, -0.25) is 9.69 Å². The van der Waals surface area contributed by atoms with Crippen LogP contribution in [0.5, 0.6) is 0 Å². The second kappa shape index (κ2) is 7.64. The Balaban J connectivity index is 1.34. The maximum Gasteiger partial charge on any atom is 0.243 e. The van der Waals surface area contributed by atoms with Crippen molar-refractivity contribution in [2.45, 2.75) is 44.2 Å². The number of likely N-dealkylation sites (tertiary alicyclic amines) is 2. The number of carbonyl (C=O) groups is 1. The minimum absolute atomic E-state index is 0.326. The van der Waals surface area contributed by atoms with Crippen molar-refractivity contribution in [2.24, 2.45) is 0 Å². The summed E-state index contributed by atoms with van der Waals surface area (Å²) in [4.78, 5) is 22.7. The largest absolute Gasteiger partial charge is 0.341 e. The highest BCUT2D eigenvalue weighted by Gasteiger charge is 2.50. The molecule has 1 unspecified atom stereocenters. The first-order valence-electron chi connectivity index (χ1n) is 10.8. The number of nitrogens with zero attached hydrogens (tertiary/aromatic N) is 4. The van der Waals surface area contributed by atoms with E-state index < -0.39 is 0 Å². The van der Waals surface area contributed by atoms with Gasteiger partial charge in [0.2, 0.25) is 5.91 Å². The average Bonchev–Trinajstić information content (AvgIpc) is 3.35. The number of imidazole rings is 1. The zero-order chi connectivity index (χ0) is 19.7. The summed E-state index contributed by atoms with van der Waals surface area (Å²) in [5.74, 6) is 0.339. The van der Waals surface area contributed by atoms with E-state index >= 15 is 0 Å². The zero-order valence-corrected chi connectivity index (χ0v) is 16.8. The molecule has 29 heavy (non-hydrogen) atoms. The summed E-state index contributed by atoms with van der Waals surface area (Å²) in [5, 5.41) is 0. The highest BCUT2D eigenvalue weighted by atomic mass is 16.2. The topological polar surface area (TPSA) is 40.9 Å². The molecular weight excluding hydrogens is 360 g/mol. The Labute approximate surface area is 172 Å². The Kier molecular flexibility index (Phi) is 4.84. The zero-order valence-electron chi connectivity index (χ0n) is 16.8. The molecule has 2 aliphatic heterocycles. The van der Waals surface area contributed by atoms with Gasteiger partial charge < -0.3 is 9.30 Å². The van der Waals surface area contributed by atoms with Crippen LogP contribution in [-0.2, 0) is 17.8 Å².